The monoisotopic (exact) mass is 335 g/mol. The van der Waals surface area contributed by atoms with Crippen LogP contribution in [0.2, 0.25) is 0 Å². The van der Waals surface area contributed by atoms with Crippen LogP contribution < -0.4 is 16.0 Å². The van der Waals surface area contributed by atoms with Gasteiger partial charge in [0.15, 0.2) is 0 Å². The highest BCUT2D eigenvalue weighted by Gasteiger charge is 2.11. The minimum absolute atomic E-state index is 0.241. The number of benzene rings is 2. The molecule has 0 fully saturated rings. The summed E-state index contributed by atoms with van der Waals surface area (Å²) in [5, 5.41) is 2.63. The first-order valence-electron chi connectivity index (χ1n) is 6.64. The number of carbonyl (C=O) groups excluding carboxylic acids is 1. The molecule has 0 atom stereocenters. The first kappa shape index (κ1) is 16.8. The van der Waals surface area contributed by atoms with Gasteiger partial charge in [0, 0.05) is 25.3 Å². The summed E-state index contributed by atoms with van der Waals surface area (Å²) < 4.78 is 30.8. The van der Waals surface area contributed by atoms with Gasteiger partial charge in [0.05, 0.1) is 16.3 Å². The summed E-state index contributed by atoms with van der Waals surface area (Å²) in [5.41, 5.74) is 7.97. The van der Waals surface area contributed by atoms with E-state index in [1.807, 2.05) is 19.0 Å². The smallest absolute Gasteiger partial charge is 0.294 e. The Morgan fingerprint density at radius 2 is 1.74 bits per heavy atom. The van der Waals surface area contributed by atoms with Crippen LogP contribution >= 0.6 is 0 Å². The molecule has 0 bridgehead atoms. The minimum Gasteiger partial charge on any atom is -0.397 e. The van der Waals surface area contributed by atoms with Crippen LogP contribution in [-0.2, 0) is 10.1 Å². The van der Waals surface area contributed by atoms with Gasteiger partial charge in [-0.05, 0) is 42.5 Å². The molecule has 0 radical (unpaired) electrons. The van der Waals surface area contributed by atoms with Gasteiger partial charge in [0.2, 0.25) is 0 Å². The van der Waals surface area contributed by atoms with E-state index >= 15 is 0 Å². The Balaban J connectivity index is 2.17. The lowest BCUT2D eigenvalue weighted by Crippen LogP contribution is -2.15. The lowest BCUT2D eigenvalue weighted by molar-refractivity contribution is 0.102. The van der Waals surface area contributed by atoms with E-state index in [4.69, 9.17) is 10.3 Å². The molecule has 0 spiro atoms. The number of nitrogen functional groups attached to an aromatic ring is 1. The predicted molar refractivity (Wildman–Crippen MR) is 89.4 cm³/mol. The molecule has 2 aromatic rings. The van der Waals surface area contributed by atoms with E-state index in [-0.39, 0.29) is 10.8 Å². The summed E-state index contributed by atoms with van der Waals surface area (Å²) in [4.78, 5) is 13.8. The van der Waals surface area contributed by atoms with E-state index in [0.717, 1.165) is 5.69 Å². The largest absolute Gasteiger partial charge is 0.397 e. The highest BCUT2D eigenvalue weighted by Crippen LogP contribution is 2.23. The fourth-order valence-electron chi connectivity index (χ4n) is 2.02. The molecule has 0 aliphatic carbocycles. The van der Waals surface area contributed by atoms with Crippen LogP contribution in [0.1, 0.15) is 10.4 Å². The Kier molecular flexibility index (Phi) is 4.57. The third-order valence-corrected chi connectivity index (χ3v) is 4.05. The van der Waals surface area contributed by atoms with E-state index in [2.05, 4.69) is 5.32 Å². The first-order valence-corrected chi connectivity index (χ1v) is 8.08. The molecular weight excluding hydrogens is 318 g/mol. The van der Waals surface area contributed by atoms with Crippen LogP contribution in [0, 0.1) is 0 Å². The van der Waals surface area contributed by atoms with E-state index < -0.39 is 10.1 Å². The SMILES string of the molecule is CN(C)c1ccc(C(=O)Nc2ccc(S(=O)(=O)O)cc2)cc1N. The van der Waals surface area contributed by atoms with Crippen molar-refractivity contribution in [1.29, 1.82) is 0 Å². The molecule has 7 nitrogen and oxygen atoms in total. The summed E-state index contributed by atoms with van der Waals surface area (Å²) in [6.45, 7) is 0. The van der Waals surface area contributed by atoms with Gasteiger partial charge in [-0.15, -0.1) is 0 Å². The van der Waals surface area contributed by atoms with Crippen molar-refractivity contribution in [2.45, 2.75) is 4.90 Å². The van der Waals surface area contributed by atoms with Gasteiger partial charge in [-0.2, -0.15) is 8.42 Å². The second kappa shape index (κ2) is 6.27. The molecule has 23 heavy (non-hydrogen) atoms. The molecule has 8 heteroatoms. The van der Waals surface area contributed by atoms with Crippen LogP contribution in [0.3, 0.4) is 0 Å². The van der Waals surface area contributed by atoms with Crippen molar-refractivity contribution in [2.75, 3.05) is 30.0 Å². The standard InChI is InChI=1S/C15H17N3O4S/c1-18(2)14-8-3-10(9-13(14)16)15(19)17-11-4-6-12(7-5-11)23(20,21)22/h3-9H,16H2,1-2H3,(H,17,19)(H,20,21,22). The summed E-state index contributed by atoms with van der Waals surface area (Å²) in [7, 11) is -0.554. The lowest BCUT2D eigenvalue weighted by Gasteiger charge is -2.16. The van der Waals surface area contributed by atoms with Gasteiger partial charge in [0.25, 0.3) is 16.0 Å². The molecule has 0 saturated carbocycles. The van der Waals surface area contributed by atoms with Crippen LogP contribution in [0.5, 0.6) is 0 Å². The van der Waals surface area contributed by atoms with Crippen LogP contribution in [0.4, 0.5) is 17.1 Å². The zero-order valence-electron chi connectivity index (χ0n) is 12.6. The molecule has 122 valence electrons. The number of nitrogens with two attached hydrogens (primary N) is 1. The van der Waals surface area contributed by atoms with Gasteiger partial charge >= 0.3 is 0 Å². The lowest BCUT2D eigenvalue weighted by atomic mass is 10.1. The Hall–Kier alpha value is -2.58. The number of anilines is 3. The van der Waals surface area contributed by atoms with Crippen molar-refractivity contribution >= 4 is 33.1 Å². The van der Waals surface area contributed by atoms with Gasteiger partial charge in [-0.3, -0.25) is 9.35 Å². The number of carbonyl (C=O) groups is 1. The quantitative estimate of drug-likeness (QED) is 0.580. The van der Waals surface area contributed by atoms with Gasteiger partial charge in [0.1, 0.15) is 0 Å². The van der Waals surface area contributed by atoms with Gasteiger partial charge in [-0.25, -0.2) is 0 Å². The topological polar surface area (TPSA) is 113 Å². The molecule has 0 unspecified atom stereocenters. The van der Waals surface area contributed by atoms with Gasteiger partial charge < -0.3 is 16.0 Å². The Morgan fingerprint density at radius 3 is 2.22 bits per heavy atom. The predicted octanol–water partition coefficient (Wildman–Crippen LogP) is 1.83. The van der Waals surface area contributed by atoms with Crippen molar-refractivity contribution in [1.82, 2.24) is 0 Å². The minimum atomic E-state index is -4.25. The zero-order valence-corrected chi connectivity index (χ0v) is 13.5. The second-order valence-corrected chi connectivity index (χ2v) is 6.54. The molecule has 0 aliphatic heterocycles. The third kappa shape index (κ3) is 3.99. The van der Waals surface area contributed by atoms with E-state index in [9.17, 15) is 13.2 Å². The number of rotatable bonds is 4. The Labute approximate surface area is 134 Å². The van der Waals surface area contributed by atoms with Crippen molar-refractivity contribution < 1.29 is 17.8 Å². The average Bonchev–Trinajstić information content (AvgIpc) is 2.46. The van der Waals surface area contributed by atoms with Crippen LogP contribution in [0.25, 0.3) is 0 Å². The fraction of sp³-hybridized carbons (Fsp3) is 0.133. The third-order valence-electron chi connectivity index (χ3n) is 3.18. The number of amides is 1. The van der Waals surface area contributed by atoms with Crippen molar-refractivity contribution in [3.8, 4) is 0 Å². The van der Waals surface area contributed by atoms with Crippen molar-refractivity contribution in [2.24, 2.45) is 0 Å². The van der Waals surface area contributed by atoms with Crippen LogP contribution in [0.15, 0.2) is 47.4 Å². The molecule has 4 N–H and O–H groups in total. The molecular formula is C15H17N3O4S. The van der Waals surface area contributed by atoms with Crippen molar-refractivity contribution in [3.05, 3.63) is 48.0 Å². The molecule has 0 aromatic heterocycles. The average molecular weight is 335 g/mol. The molecule has 2 aromatic carbocycles. The fourth-order valence-corrected chi connectivity index (χ4v) is 2.50. The van der Waals surface area contributed by atoms with E-state index in [0.29, 0.717) is 16.9 Å². The molecule has 0 aliphatic rings. The molecule has 1 amide bonds. The van der Waals surface area contributed by atoms with Crippen LogP contribution in [-0.4, -0.2) is 33.0 Å². The van der Waals surface area contributed by atoms with E-state index in [1.165, 1.54) is 24.3 Å². The maximum absolute atomic E-state index is 12.2. The Bertz CT molecular complexity index is 830. The first-order chi connectivity index (χ1) is 10.7. The maximum atomic E-state index is 12.2. The summed E-state index contributed by atoms with van der Waals surface area (Å²) >= 11 is 0. The molecule has 0 saturated heterocycles. The zero-order chi connectivity index (χ0) is 17.2. The normalized spacial score (nSPS) is 11.1. The number of nitrogens with one attached hydrogen (secondary N) is 1. The van der Waals surface area contributed by atoms with E-state index in [1.54, 1.807) is 18.2 Å². The number of hydrogen-bond donors (Lipinski definition) is 3. The maximum Gasteiger partial charge on any atom is 0.294 e. The van der Waals surface area contributed by atoms with Gasteiger partial charge in [-0.1, -0.05) is 0 Å². The molecule has 2 rings (SSSR count). The highest BCUT2D eigenvalue weighted by atomic mass is 32.2. The molecule has 0 heterocycles. The summed E-state index contributed by atoms with van der Waals surface area (Å²) in [6, 6.07) is 10.1. The highest BCUT2D eigenvalue weighted by molar-refractivity contribution is 7.85. The Morgan fingerprint density at radius 1 is 1.13 bits per heavy atom. The number of hydrogen-bond acceptors (Lipinski definition) is 5. The van der Waals surface area contributed by atoms with Crippen molar-refractivity contribution in [3.63, 3.8) is 0 Å². The number of nitrogens with zero attached hydrogens (tertiary/aromatic N) is 1. The summed E-state index contributed by atoms with van der Waals surface area (Å²) in [5.74, 6) is -0.374. The second-order valence-electron chi connectivity index (χ2n) is 5.12. The summed E-state index contributed by atoms with van der Waals surface area (Å²) in [6.07, 6.45) is 0.